The molecular formula is C17H22N4O2S2. The van der Waals surface area contributed by atoms with Gasteiger partial charge in [0.05, 0.1) is 0 Å². The van der Waals surface area contributed by atoms with Crippen molar-refractivity contribution in [2.45, 2.75) is 19.8 Å². The number of rotatable bonds is 5. The molecule has 2 aromatic rings. The molecule has 0 aliphatic carbocycles. The van der Waals surface area contributed by atoms with Crippen molar-refractivity contribution in [3.63, 3.8) is 0 Å². The second-order valence-electron chi connectivity index (χ2n) is 6.22. The molecule has 1 aromatic carbocycles. The van der Waals surface area contributed by atoms with Crippen molar-refractivity contribution in [3.05, 3.63) is 46.3 Å². The van der Waals surface area contributed by atoms with E-state index >= 15 is 0 Å². The lowest BCUT2D eigenvalue weighted by Gasteiger charge is -2.32. The predicted molar refractivity (Wildman–Crippen MR) is 102 cm³/mol. The van der Waals surface area contributed by atoms with Crippen LogP contribution in [0.5, 0.6) is 0 Å². The van der Waals surface area contributed by atoms with Crippen LogP contribution in [0.3, 0.4) is 0 Å². The van der Waals surface area contributed by atoms with E-state index in [0.717, 1.165) is 15.7 Å². The van der Waals surface area contributed by atoms with Crippen molar-refractivity contribution >= 4 is 32.6 Å². The van der Waals surface area contributed by atoms with E-state index in [1.165, 1.54) is 9.71 Å². The second-order valence-corrected chi connectivity index (χ2v) is 9.03. The maximum atomic E-state index is 12.5. The molecule has 1 fully saturated rings. The van der Waals surface area contributed by atoms with Gasteiger partial charge in [-0.3, -0.25) is 0 Å². The molecular weight excluding hydrogens is 356 g/mol. The minimum absolute atomic E-state index is 0.357. The van der Waals surface area contributed by atoms with E-state index in [4.69, 9.17) is 0 Å². The highest BCUT2D eigenvalue weighted by Gasteiger charge is 2.26. The number of hydrogen-bond donors (Lipinski definition) is 0. The minimum atomic E-state index is -3.40. The van der Waals surface area contributed by atoms with Crippen LogP contribution >= 0.6 is 11.3 Å². The van der Waals surface area contributed by atoms with Crippen LogP contribution in [-0.2, 0) is 10.0 Å². The van der Waals surface area contributed by atoms with Crippen molar-refractivity contribution < 1.29 is 8.42 Å². The van der Waals surface area contributed by atoms with Crippen LogP contribution in [0.1, 0.15) is 30.3 Å². The smallest absolute Gasteiger partial charge is 0.236 e. The maximum absolute atomic E-state index is 12.5. The first-order valence-corrected chi connectivity index (χ1v) is 10.6. The molecule has 0 spiro atoms. The fourth-order valence-corrected chi connectivity index (χ4v) is 4.61. The van der Waals surface area contributed by atoms with Crippen molar-refractivity contribution in [2.75, 3.05) is 31.1 Å². The van der Waals surface area contributed by atoms with E-state index in [9.17, 15) is 8.42 Å². The van der Waals surface area contributed by atoms with E-state index < -0.39 is 10.0 Å². The monoisotopic (exact) mass is 378 g/mol. The van der Waals surface area contributed by atoms with Gasteiger partial charge in [0.25, 0.3) is 0 Å². The van der Waals surface area contributed by atoms with Crippen LogP contribution in [-0.4, -0.2) is 49.1 Å². The molecule has 134 valence electrons. The van der Waals surface area contributed by atoms with Gasteiger partial charge in [0.2, 0.25) is 15.2 Å². The van der Waals surface area contributed by atoms with Crippen LogP contribution in [0.4, 0.5) is 5.13 Å². The molecule has 0 N–H and O–H groups in total. The molecule has 0 atom stereocenters. The zero-order valence-corrected chi connectivity index (χ0v) is 16.0. The molecule has 0 unspecified atom stereocenters. The van der Waals surface area contributed by atoms with Gasteiger partial charge in [0.15, 0.2) is 0 Å². The number of aromatic nitrogens is 2. The number of nitrogens with zero attached hydrogens (tertiary/aromatic N) is 4. The van der Waals surface area contributed by atoms with E-state index in [2.05, 4.69) is 28.9 Å². The average Bonchev–Trinajstić information content (AvgIpc) is 3.12. The molecule has 6 nitrogen and oxygen atoms in total. The minimum Gasteiger partial charge on any atom is -0.344 e. The standard InChI is InChI=1S/C17H22N4O2S2/c1-14(2)16-18-19-17(24-16)20-9-11-21(12-10-20)25(22,23)13-8-15-6-4-3-5-7-15/h3-8,13-14H,9-12H2,1-2H3/b13-8+. The van der Waals surface area contributed by atoms with Gasteiger partial charge in [0.1, 0.15) is 5.01 Å². The normalized spacial score (nSPS) is 16.8. The van der Waals surface area contributed by atoms with Crippen LogP contribution in [0.15, 0.2) is 35.7 Å². The molecule has 2 heterocycles. The molecule has 1 aliphatic rings. The van der Waals surface area contributed by atoms with Gasteiger partial charge in [-0.05, 0) is 11.6 Å². The fourth-order valence-electron chi connectivity index (χ4n) is 2.54. The number of anilines is 1. The third-order valence-corrected chi connectivity index (χ3v) is 6.87. The molecule has 0 radical (unpaired) electrons. The van der Waals surface area contributed by atoms with E-state index in [1.807, 2.05) is 30.3 Å². The third-order valence-electron chi connectivity index (χ3n) is 4.02. The summed E-state index contributed by atoms with van der Waals surface area (Å²) in [6.07, 6.45) is 1.64. The quantitative estimate of drug-likeness (QED) is 0.800. The summed E-state index contributed by atoms with van der Waals surface area (Å²) in [5.74, 6) is 0.357. The first-order chi connectivity index (χ1) is 12.0. The van der Waals surface area contributed by atoms with Crippen LogP contribution in [0.25, 0.3) is 6.08 Å². The largest absolute Gasteiger partial charge is 0.344 e. The van der Waals surface area contributed by atoms with E-state index in [0.29, 0.717) is 32.1 Å². The van der Waals surface area contributed by atoms with Crippen molar-refractivity contribution in [3.8, 4) is 0 Å². The lowest BCUT2D eigenvalue weighted by Crippen LogP contribution is -2.48. The maximum Gasteiger partial charge on any atom is 0.236 e. The number of sulfonamides is 1. The molecule has 0 bridgehead atoms. The Labute approximate surface area is 152 Å². The molecule has 8 heteroatoms. The van der Waals surface area contributed by atoms with Gasteiger partial charge < -0.3 is 4.90 Å². The molecule has 0 amide bonds. The summed E-state index contributed by atoms with van der Waals surface area (Å²) in [6, 6.07) is 9.44. The molecule has 1 aliphatic heterocycles. The fraction of sp³-hybridized carbons (Fsp3) is 0.412. The first kappa shape index (κ1) is 18.0. The predicted octanol–water partition coefficient (Wildman–Crippen LogP) is 2.78. The Hall–Kier alpha value is -1.77. The summed E-state index contributed by atoms with van der Waals surface area (Å²) in [6.45, 7) is 6.36. The Balaban J connectivity index is 1.62. The summed E-state index contributed by atoms with van der Waals surface area (Å²) in [7, 11) is -3.40. The summed E-state index contributed by atoms with van der Waals surface area (Å²) in [5, 5.41) is 11.6. The zero-order valence-electron chi connectivity index (χ0n) is 14.4. The van der Waals surface area contributed by atoms with Crippen LogP contribution < -0.4 is 4.90 Å². The van der Waals surface area contributed by atoms with E-state index in [-0.39, 0.29) is 0 Å². The van der Waals surface area contributed by atoms with E-state index in [1.54, 1.807) is 17.4 Å². The highest BCUT2D eigenvalue weighted by Crippen LogP contribution is 2.26. The van der Waals surface area contributed by atoms with Crippen molar-refractivity contribution in [1.29, 1.82) is 0 Å². The van der Waals surface area contributed by atoms with Gasteiger partial charge in [-0.2, -0.15) is 4.31 Å². The van der Waals surface area contributed by atoms with Crippen LogP contribution in [0.2, 0.25) is 0 Å². The third kappa shape index (κ3) is 4.45. The Morgan fingerprint density at radius 3 is 2.36 bits per heavy atom. The number of piperazine rings is 1. The lowest BCUT2D eigenvalue weighted by molar-refractivity contribution is 0.389. The van der Waals surface area contributed by atoms with Gasteiger partial charge in [0, 0.05) is 37.5 Å². The summed E-state index contributed by atoms with van der Waals surface area (Å²) >= 11 is 1.59. The Morgan fingerprint density at radius 1 is 1.08 bits per heavy atom. The molecule has 25 heavy (non-hydrogen) atoms. The van der Waals surface area contributed by atoms with Gasteiger partial charge >= 0.3 is 0 Å². The number of hydrogen-bond acceptors (Lipinski definition) is 6. The van der Waals surface area contributed by atoms with Gasteiger partial charge in [-0.15, -0.1) is 10.2 Å². The Morgan fingerprint density at radius 2 is 1.76 bits per heavy atom. The molecule has 1 saturated heterocycles. The van der Waals surface area contributed by atoms with Gasteiger partial charge in [-0.1, -0.05) is 55.5 Å². The molecule has 1 aromatic heterocycles. The molecule has 3 rings (SSSR count). The summed E-state index contributed by atoms with van der Waals surface area (Å²) in [5.41, 5.74) is 0.875. The van der Waals surface area contributed by atoms with Crippen molar-refractivity contribution in [2.24, 2.45) is 0 Å². The van der Waals surface area contributed by atoms with Crippen LogP contribution in [0, 0.1) is 0 Å². The number of benzene rings is 1. The highest BCUT2D eigenvalue weighted by molar-refractivity contribution is 7.92. The lowest BCUT2D eigenvalue weighted by atomic mass is 10.2. The average molecular weight is 379 g/mol. The second kappa shape index (κ2) is 7.63. The molecule has 0 saturated carbocycles. The Kier molecular flexibility index (Phi) is 5.51. The highest BCUT2D eigenvalue weighted by atomic mass is 32.2. The first-order valence-electron chi connectivity index (χ1n) is 8.27. The summed E-state index contributed by atoms with van der Waals surface area (Å²) < 4.78 is 26.5. The SMILES string of the molecule is CC(C)c1nnc(N2CCN(S(=O)(=O)/C=C/c3ccccc3)CC2)s1. The van der Waals surface area contributed by atoms with Crippen molar-refractivity contribution in [1.82, 2.24) is 14.5 Å². The summed E-state index contributed by atoms with van der Waals surface area (Å²) in [4.78, 5) is 2.11. The Bertz CT molecular complexity index is 823. The zero-order chi connectivity index (χ0) is 17.9. The topological polar surface area (TPSA) is 66.4 Å². The van der Waals surface area contributed by atoms with Gasteiger partial charge in [-0.25, -0.2) is 8.42 Å².